The fourth-order valence-corrected chi connectivity index (χ4v) is 4.08. The van der Waals surface area contributed by atoms with Crippen LogP contribution in [0.25, 0.3) is 0 Å². The van der Waals surface area contributed by atoms with Gasteiger partial charge in [0.05, 0.1) is 13.2 Å². The Hall–Kier alpha value is -0.0800. The fraction of sp³-hybridized carbons (Fsp3) is 1.00. The highest BCUT2D eigenvalue weighted by Gasteiger charge is 2.35. The zero-order valence-corrected chi connectivity index (χ0v) is 17.0. The molecule has 0 aliphatic carbocycles. The molecular formula is C21H44O2. The summed E-state index contributed by atoms with van der Waals surface area (Å²) >= 11 is 0. The molecular weight excluding hydrogens is 284 g/mol. The zero-order valence-electron chi connectivity index (χ0n) is 17.0. The molecule has 0 saturated carbocycles. The Morgan fingerprint density at radius 3 is 1.35 bits per heavy atom. The second kappa shape index (κ2) is 14.3. The molecule has 0 aliphatic heterocycles. The van der Waals surface area contributed by atoms with Gasteiger partial charge in [-0.15, -0.1) is 0 Å². The van der Waals surface area contributed by atoms with Gasteiger partial charge >= 0.3 is 0 Å². The predicted molar refractivity (Wildman–Crippen MR) is 102 cm³/mol. The van der Waals surface area contributed by atoms with E-state index in [1.165, 1.54) is 64.2 Å². The van der Waals surface area contributed by atoms with E-state index in [1.807, 2.05) is 14.2 Å². The summed E-state index contributed by atoms with van der Waals surface area (Å²) in [5, 5.41) is 0. The van der Waals surface area contributed by atoms with Crippen molar-refractivity contribution in [3.63, 3.8) is 0 Å². The summed E-state index contributed by atoms with van der Waals surface area (Å²) in [6, 6.07) is 0. The first-order chi connectivity index (χ1) is 11.1. The molecule has 0 rings (SSSR count). The molecule has 140 valence electrons. The van der Waals surface area contributed by atoms with E-state index in [4.69, 9.17) is 9.47 Å². The maximum atomic E-state index is 5.68. The average Bonchev–Trinajstić information content (AvgIpc) is 2.55. The normalized spacial score (nSPS) is 14.9. The molecule has 0 amide bonds. The second-order valence-electron chi connectivity index (χ2n) is 7.61. The lowest BCUT2D eigenvalue weighted by molar-refractivity contribution is -0.0241. The highest BCUT2D eigenvalue weighted by atomic mass is 16.5. The summed E-state index contributed by atoms with van der Waals surface area (Å²) in [5.74, 6) is 1.62. The van der Waals surface area contributed by atoms with E-state index in [0.717, 1.165) is 25.0 Å². The fourth-order valence-electron chi connectivity index (χ4n) is 4.08. The van der Waals surface area contributed by atoms with Crippen LogP contribution in [0.2, 0.25) is 0 Å². The highest BCUT2D eigenvalue weighted by Crippen LogP contribution is 2.39. The van der Waals surface area contributed by atoms with Crippen molar-refractivity contribution in [1.29, 1.82) is 0 Å². The number of hydrogen-bond donors (Lipinski definition) is 0. The van der Waals surface area contributed by atoms with Crippen LogP contribution in [-0.2, 0) is 9.47 Å². The van der Waals surface area contributed by atoms with Gasteiger partial charge in [-0.1, -0.05) is 79.1 Å². The topological polar surface area (TPSA) is 18.5 Å². The Kier molecular flexibility index (Phi) is 14.2. The minimum Gasteiger partial charge on any atom is -0.384 e. The maximum Gasteiger partial charge on any atom is 0.0540 e. The third-order valence-electron chi connectivity index (χ3n) is 5.43. The second-order valence-corrected chi connectivity index (χ2v) is 7.61. The Bertz CT molecular complexity index is 226. The van der Waals surface area contributed by atoms with Crippen LogP contribution < -0.4 is 0 Å². The van der Waals surface area contributed by atoms with Gasteiger partial charge in [0.2, 0.25) is 0 Å². The quantitative estimate of drug-likeness (QED) is 0.323. The zero-order chi connectivity index (χ0) is 17.6. The lowest BCUT2D eigenvalue weighted by Gasteiger charge is -2.38. The third-order valence-corrected chi connectivity index (χ3v) is 5.43. The first-order valence-electron chi connectivity index (χ1n) is 10.1. The van der Waals surface area contributed by atoms with E-state index < -0.39 is 0 Å². The van der Waals surface area contributed by atoms with Crippen LogP contribution in [0.5, 0.6) is 0 Å². The summed E-state index contributed by atoms with van der Waals surface area (Å²) in [5.41, 5.74) is 0.201. The Morgan fingerprint density at radius 2 is 1.09 bits per heavy atom. The maximum absolute atomic E-state index is 5.68. The van der Waals surface area contributed by atoms with Crippen molar-refractivity contribution in [2.24, 2.45) is 17.3 Å². The van der Waals surface area contributed by atoms with Gasteiger partial charge in [-0.2, -0.15) is 0 Å². The highest BCUT2D eigenvalue weighted by molar-refractivity contribution is 4.84. The Labute approximate surface area is 146 Å². The van der Waals surface area contributed by atoms with E-state index in [1.54, 1.807) is 0 Å². The van der Waals surface area contributed by atoms with Crippen LogP contribution in [0.15, 0.2) is 0 Å². The molecule has 0 aliphatic rings. The Balaban J connectivity index is 5.01. The van der Waals surface area contributed by atoms with Crippen molar-refractivity contribution in [3.8, 4) is 0 Å². The summed E-state index contributed by atoms with van der Waals surface area (Å²) in [7, 11) is 3.70. The van der Waals surface area contributed by atoms with Gasteiger partial charge in [0.15, 0.2) is 0 Å². The van der Waals surface area contributed by atoms with E-state index in [0.29, 0.717) is 0 Å². The standard InChI is InChI=1S/C21H44O2/c1-7-11-13-19(9-3)15-21(17-22-5,18-23-6)16-20(10-4)14-12-8-2/h19-20H,7-18H2,1-6H3. The molecule has 2 atom stereocenters. The molecule has 0 heterocycles. The number of ether oxygens (including phenoxy) is 2. The molecule has 2 heteroatoms. The molecule has 0 bridgehead atoms. The van der Waals surface area contributed by atoms with Crippen molar-refractivity contribution in [3.05, 3.63) is 0 Å². The van der Waals surface area contributed by atoms with Gasteiger partial charge in [-0.05, 0) is 24.7 Å². The SMILES string of the molecule is CCCCC(CC)CC(COC)(COC)CC(CC)CCCC. The number of hydrogen-bond acceptors (Lipinski definition) is 2. The van der Waals surface area contributed by atoms with Crippen LogP contribution in [0.1, 0.15) is 91.9 Å². The lowest BCUT2D eigenvalue weighted by Crippen LogP contribution is -2.36. The van der Waals surface area contributed by atoms with Crippen LogP contribution >= 0.6 is 0 Å². The molecule has 0 aromatic rings. The van der Waals surface area contributed by atoms with Crippen molar-refractivity contribution in [2.75, 3.05) is 27.4 Å². The number of methoxy groups -OCH3 is 2. The van der Waals surface area contributed by atoms with Crippen LogP contribution in [-0.4, -0.2) is 27.4 Å². The van der Waals surface area contributed by atoms with Crippen molar-refractivity contribution in [1.82, 2.24) is 0 Å². The molecule has 0 fully saturated rings. The average molecular weight is 329 g/mol. The number of rotatable bonds is 16. The molecule has 2 nitrogen and oxygen atoms in total. The van der Waals surface area contributed by atoms with Gasteiger partial charge < -0.3 is 9.47 Å². The lowest BCUT2D eigenvalue weighted by atomic mass is 9.71. The minimum atomic E-state index is 0.201. The summed E-state index contributed by atoms with van der Waals surface area (Å²) < 4.78 is 11.4. The predicted octanol–water partition coefficient (Wildman–Crippen LogP) is 6.48. The first kappa shape index (κ1) is 22.9. The first-order valence-corrected chi connectivity index (χ1v) is 10.1. The monoisotopic (exact) mass is 328 g/mol. The summed E-state index contributed by atoms with van der Waals surface area (Å²) in [4.78, 5) is 0. The third kappa shape index (κ3) is 9.72. The molecule has 0 N–H and O–H groups in total. The van der Waals surface area contributed by atoms with Crippen LogP contribution in [0, 0.1) is 17.3 Å². The molecule has 0 aromatic carbocycles. The smallest absolute Gasteiger partial charge is 0.0540 e. The van der Waals surface area contributed by atoms with Crippen molar-refractivity contribution in [2.45, 2.75) is 91.9 Å². The number of unbranched alkanes of at least 4 members (excludes halogenated alkanes) is 2. The van der Waals surface area contributed by atoms with Gasteiger partial charge in [0.1, 0.15) is 0 Å². The molecule has 0 saturated heterocycles. The van der Waals surface area contributed by atoms with Gasteiger partial charge in [0.25, 0.3) is 0 Å². The van der Waals surface area contributed by atoms with E-state index >= 15 is 0 Å². The summed E-state index contributed by atoms with van der Waals surface area (Å²) in [6.45, 7) is 11.0. The largest absolute Gasteiger partial charge is 0.384 e. The van der Waals surface area contributed by atoms with Crippen molar-refractivity contribution < 1.29 is 9.47 Å². The minimum absolute atomic E-state index is 0.201. The van der Waals surface area contributed by atoms with Crippen molar-refractivity contribution >= 4 is 0 Å². The molecule has 0 radical (unpaired) electrons. The van der Waals surface area contributed by atoms with E-state index in [-0.39, 0.29) is 5.41 Å². The van der Waals surface area contributed by atoms with Gasteiger partial charge in [-0.25, -0.2) is 0 Å². The molecule has 2 unspecified atom stereocenters. The van der Waals surface area contributed by atoms with E-state index in [2.05, 4.69) is 27.7 Å². The van der Waals surface area contributed by atoms with Gasteiger partial charge in [0, 0.05) is 19.6 Å². The molecule has 23 heavy (non-hydrogen) atoms. The summed E-state index contributed by atoms with van der Waals surface area (Å²) in [6.07, 6.45) is 13.1. The molecule has 0 spiro atoms. The Morgan fingerprint density at radius 1 is 0.696 bits per heavy atom. The molecule has 0 aromatic heterocycles. The van der Waals surface area contributed by atoms with E-state index in [9.17, 15) is 0 Å². The van der Waals surface area contributed by atoms with Crippen LogP contribution in [0.3, 0.4) is 0 Å². The van der Waals surface area contributed by atoms with Gasteiger partial charge in [-0.3, -0.25) is 0 Å². The van der Waals surface area contributed by atoms with Crippen LogP contribution in [0.4, 0.5) is 0 Å².